The molecule has 0 fully saturated rings. The molecule has 1 unspecified atom stereocenters. The van der Waals surface area contributed by atoms with Crippen molar-refractivity contribution in [2.24, 2.45) is 7.05 Å². The molecule has 0 aliphatic heterocycles. The van der Waals surface area contributed by atoms with Crippen molar-refractivity contribution in [3.8, 4) is 0 Å². The van der Waals surface area contributed by atoms with Crippen molar-refractivity contribution in [3.05, 3.63) is 52.5 Å². The van der Waals surface area contributed by atoms with E-state index in [1.54, 1.807) is 4.68 Å². The van der Waals surface area contributed by atoms with Crippen molar-refractivity contribution < 1.29 is 4.42 Å². The summed E-state index contributed by atoms with van der Waals surface area (Å²) in [6.45, 7) is 2.92. The molecule has 2 aromatic heterocycles. The molecule has 5 heteroatoms. The van der Waals surface area contributed by atoms with Gasteiger partial charge in [0.2, 0.25) is 0 Å². The highest BCUT2D eigenvalue weighted by molar-refractivity contribution is 9.10. The molecule has 1 aromatic carbocycles. The van der Waals surface area contributed by atoms with Crippen LogP contribution in [0.3, 0.4) is 0 Å². The van der Waals surface area contributed by atoms with Crippen LogP contribution in [0.1, 0.15) is 24.4 Å². The second-order valence-corrected chi connectivity index (χ2v) is 5.57. The standard InChI is InChI=1S/C15H16BrN3O/c1-3-17-14(12-7-8-19(2)18-12)13-9-10-5-4-6-11(16)15(10)20-13/h4-9,14,17H,3H2,1-2H3. The molecule has 3 aromatic rings. The van der Waals surface area contributed by atoms with E-state index < -0.39 is 0 Å². The Balaban J connectivity index is 2.07. The van der Waals surface area contributed by atoms with Gasteiger partial charge in [-0.15, -0.1) is 0 Å². The highest BCUT2D eigenvalue weighted by Crippen LogP contribution is 2.31. The van der Waals surface area contributed by atoms with Crippen LogP contribution >= 0.6 is 15.9 Å². The van der Waals surface area contributed by atoms with Crippen molar-refractivity contribution >= 4 is 26.9 Å². The number of para-hydroxylation sites is 1. The molecular weight excluding hydrogens is 318 g/mol. The second kappa shape index (κ2) is 5.42. The van der Waals surface area contributed by atoms with Crippen molar-refractivity contribution in [3.63, 3.8) is 0 Å². The summed E-state index contributed by atoms with van der Waals surface area (Å²) in [6.07, 6.45) is 1.94. The lowest BCUT2D eigenvalue weighted by Crippen LogP contribution is -2.22. The van der Waals surface area contributed by atoms with Crippen molar-refractivity contribution in [1.29, 1.82) is 0 Å². The molecule has 104 valence electrons. The average Bonchev–Trinajstić information content (AvgIpc) is 3.03. The number of hydrogen-bond acceptors (Lipinski definition) is 3. The van der Waals surface area contributed by atoms with Gasteiger partial charge in [-0.2, -0.15) is 5.10 Å². The van der Waals surface area contributed by atoms with Gasteiger partial charge in [0, 0.05) is 18.6 Å². The van der Waals surface area contributed by atoms with Gasteiger partial charge in [0.25, 0.3) is 0 Å². The minimum absolute atomic E-state index is 0.0273. The summed E-state index contributed by atoms with van der Waals surface area (Å²) in [7, 11) is 1.92. The third-order valence-electron chi connectivity index (χ3n) is 3.24. The van der Waals surface area contributed by atoms with Crippen LogP contribution in [-0.4, -0.2) is 16.3 Å². The molecule has 20 heavy (non-hydrogen) atoms. The van der Waals surface area contributed by atoms with E-state index in [4.69, 9.17) is 4.42 Å². The van der Waals surface area contributed by atoms with E-state index in [0.29, 0.717) is 0 Å². The highest BCUT2D eigenvalue weighted by Gasteiger charge is 2.20. The highest BCUT2D eigenvalue weighted by atomic mass is 79.9. The zero-order chi connectivity index (χ0) is 14.1. The van der Waals surface area contributed by atoms with Gasteiger partial charge in [0.1, 0.15) is 17.4 Å². The smallest absolute Gasteiger partial charge is 0.148 e. The Morgan fingerprint density at radius 2 is 2.25 bits per heavy atom. The van der Waals surface area contributed by atoms with Gasteiger partial charge in [-0.3, -0.25) is 4.68 Å². The van der Waals surface area contributed by atoms with Gasteiger partial charge in [-0.25, -0.2) is 0 Å². The topological polar surface area (TPSA) is 43.0 Å². The molecule has 0 radical (unpaired) electrons. The second-order valence-electron chi connectivity index (χ2n) is 4.71. The summed E-state index contributed by atoms with van der Waals surface area (Å²) in [5, 5.41) is 9.00. The summed E-state index contributed by atoms with van der Waals surface area (Å²) in [5.41, 5.74) is 1.84. The summed E-state index contributed by atoms with van der Waals surface area (Å²) in [5.74, 6) is 0.882. The summed E-state index contributed by atoms with van der Waals surface area (Å²) in [6, 6.07) is 10.1. The van der Waals surface area contributed by atoms with Gasteiger partial charge in [0.05, 0.1) is 10.2 Å². The fourth-order valence-corrected chi connectivity index (χ4v) is 2.79. The van der Waals surface area contributed by atoms with E-state index in [1.807, 2.05) is 31.4 Å². The number of nitrogens with one attached hydrogen (secondary N) is 1. The fourth-order valence-electron chi connectivity index (χ4n) is 2.33. The minimum atomic E-state index is -0.0273. The quantitative estimate of drug-likeness (QED) is 0.792. The molecule has 4 nitrogen and oxygen atoms in total. The summed E-state index contributed by atoms with van der Waals surface area (Å²) >= 11 is 3.52. The van der Waals surface area contributed by atoms with Crippen LogP contribution in [0.2, 0.25) is 0 Å². The van der Waals surface area contributed by atoms with Crippen LogP contribution in [-0.2, 0) is 7.05 Å². The third-order valence-corrected chi connectivity index (χ3v) is 3.86. The first-order chi connectivity index (χ1) is 9.69. The molecule has 0 bridgehead atoms. The number of benzene rings is 1. The van der Waals surface area contributed by atoms with E-state index in [0.717, 1.165) is 33.4 Å². The van der Waals surface area contributed by atoms with Crippen LogP contribution in [0.25, 0.3) is 11.0 Å². The fraction of sp³-hybridized carbons (Fsp3) is 0.267. The normalized spacial score (nSPS) is 12.9. The molecule has 0 aliphatic carbocycles. The number of halogens is 1. The third kappa shape index (κ3) is 2.39. The largest absolute Gasteiger partial charge is 0.458 e. The van der Waals surface area contributed by atoms with E-state index in [2.05, 4.69) is 45.4 Å². The monoisotopic (exact) mass is 333 g/mol. The zero-order valence-electron chi connectivity index (χ0n) is 11.4. The zero-order valence-corrected chi connectivity index (χ0v) is 13.0. The van der Waals surface area contributed by atoms with E-state index in [1.165, 1.54) is 0 Å². The Morgan fingerprint density at radius 3 is 2.90 bits per heavy atom. The molecular formula is C15H16BrN3O. The molecule has 1 atom stereocenters. The van der Waals surface area contributed by atoms with Crippen molar-refractivity contribution in [1.82, 2.24) is 15.1 Å². The van der Waals surface area contributed by atoms with Gasteiger partial charge < -0.3 is 9.73 Å². The predicted octanol–water partition coefficient (Wildman–Crippen LogP) is 3.63. The van der Waals surface area contributed by atoms with E-state index >= 15 is 0 Å². The Morgan fingerprint density at radius 1 is 1.40 bits per heavy atom. The first kappa shape index (κ1) is 13.4. The lowest BCUT2D eigenvalue weighted by Gasteiger charge is -2.12. The maximum absolute atomic E-state index is 6.02. The maximum Gasteiger partial charge on any atom is 0.148 e. The van der Waals surface area contributed by atoms with Crippen LogP contribution in [0.5, 0.6) is 0 Å². The minimum Gasteiger partial charge on any atom is -0.458 e. The first-order valence-electron chi connectivity index (χ1n) is 6.60. The SMILES string of the molecule is CCNC(c1ccn(C)n1)c1cc2cccc(Br)c2o1. The number of furan rings is 1. The number of aryl methyl sites for hydroxylation is 1. The van der Waals surface area contributed by atoms with Crippen LogP contribution < -0.4 is 5.32 Å². The van der Waals surface area contributed by atoms with Gasteiger partial charge in [-0.1, -0.05) is 19.1 Å². The van der Waals surface area contributed by atoms with Crippen molar-refractivity contribution in [2.75, 3.05) is 6.54 Å². The van der Waals surface area contributed by atoms with Crippen LogP contribution in [0.15, 0.2) is 45.4 Å². The Bertz CT molecular complexity index is 732. The number of fused-ring (bicyclic) bond motifs is 1. The van der Waals surface area contributed by atoms with Gasteiger partial charge >= 0.3 is 0 Å². The summed E-state index contributed by atoms with van der Waals surface area (Å²) in [4.78, 5) is 0. The molecule has 0 aliphatic rings. The van der Waals surface area contributed by atoms with Crippen LogP contribution in [0.4, 0.5) is 0 Å². The van der Waals surface area contributed by atoms with Gasteiger partial charge in [-0.05, 0) is 40.7 Å². The molecule has 0 saturated heterocycles. The first-order valence-corrected chi connectivity index (χ1v) is 7.39. The molecule has 1 N–H and O–H groups in total. The van der Waals surface area contributed by atoms with Crippen LogP contribution in [0, 0.1) is 0 Å². The lowest BCUT2D eigenvalue weighted by atomic mass is 10.1. The average molecular weight is 334 g/mol. The molecule has 2 heterocycles. The number of aromatic nitrogens is 2. The van der Waals surface area contributed by atoms with Gasteiger partial charge in [0.15, 0.2) is 0 Å². The molecule has 3 rings (SSSR count). The Labute approximate surface area is 125 Å². The Hall–Kier alpha value is -1.59. The molecule has 0 saturated carbocycles. The van der Waals surface area contributed by atoms with E-state index in [-0.39, 0.29) is 6.04 Å². The Kier molecular flexibility index (Phi) is 3.63. The number of hydrogen-bond donors (Lipinski definition) is 1. The predicted molar refractivity (Wildman–Crippen MR) is 82.6 cm³/mol. The lowest BCUT2D eigenvalue weighted by molar-refractivity contribution is 0.467. The summed E-state index contributed by atoms with van der Waals surface area (Å²) < 4.78 is 8.79. The van der Waals surface area contributed by atoms with Crippen molar-refractivity contribution in [2.45, 2.75) is 13.0 Å². The number of nitrogens with zero attached hydrogens (tertiary/aromatic N) is 2. The van der Waals surface area contributed by atoms with E-state index in [9.17, 15) is 0 Å². The molecule has 0 spiro atoms. The molecule has 0 amide bonds. The maximum atomic E-state index is 6.02. The number of rotatable bonds is 4.